The second-order valence-corrected chi connectivity index (χ2v) is 10.5. The number of nitrogens with zero attached hydrogens (tertiary/aromatic N) is 3. The molecule has 2 heterocycles. The minimum absolute atomic E-state index is 0.203. The maximum Gasteiger partial charge on any atom is 0.194 e. The van der Waals surface area contributed by atoms with Crippen molar-refractivity contribution in [1.82, 2.24) is 15.1 Å². The Morgan fingerprint density at radius 2 is 1.92 bits per heavy atom. The van der Waals surface area contributed by atoms with Crippen LogP contribution in [0.2, 0.25) is 0 Å². The molecule has 0 unspecified atom stereocenters. The molecule has 0 amide bonds. The number of nitrogens with one attached hydrogen (secondary N) is 1. The molecular formula is C17H34N4O2S. The van der Waals surface area contributed by atoms with Crippen LogP contribution in [0.4, 0.5) is 0 Å². The van der Waals surface area contributed by atoms with Gasteiger partial charge >= 0.3 is 0 Å². The quantitative estimate of drug-likeness (QED) is 0.604. The number of rotatable bonds is 4. The Kier molecular flexibility index (Phi) is 6.53. The zero-order valence-electron chi connectivity index (χ0n) is 15.7. The van der Waals surface area contributed by atoms with Gasteiger partial charge in [0.2, 0.25) is 0 Å². The van der Waals surface area contributed by atoms with Gasteiger partial charge in [-0.3, -0.25) is 4.99 Å². The van der Waals surface area contributed by atoms with Crippen LogP contribution in [-0.2, 0) is 9.84 Å². The topological polar surface area (TPSA) is 65.0 Å². The summed E-state index contributed by atoms with van der Waals surface area (Å²) >= 11 is 0. The molecule has 0 aliphatic carbocycles. The lowest BCUT2D eigenvalue weighted by molar-refractivity contribution is 0.197. The molecule has 1 N–H and O–H groups in total. The first-order valence-electron chi connectivity index (χ1n) is 9.23. The lowest BCUT2D eigenvalue weighted by atomic mass is 9.99. The van der Waals surface area contributed by atoms with E-state index < -0.39 is 14.6 Å². The third kappa shape index (κ3) is 4.85. The van der Waals surface area contributed by atoms with Crippen molar-refractivity contribution in [2.45, 2.75) is 45.3 Å². The van der Waals surface area contributed by atoms with Crippen LogP contribution in [0, 0.1) is 5.92 Å². The Morgan fingerprint density at radius 1 is 1.25 bits per heavy atom. The number of likely N-dealkylation sites (tertiary alicyclic amines) is 1. The Balaban J connectivity index is 1.93. The van der Waals surface area contributed by atoms with Crippen LogP contribution in [0.15, 0.2) is 4.99 Å². The Labute approximate surface area is 147 Å². The fourth-order valence-electron chi connectivity index (χ4n) is 3.33. The summed E-state index contributed by atoms with van der Waals surface area (Å²) in [5.41, 5.74) is 0. The van der Waals surface area contributed by atoms with E-state index in [1.54, 1.807) is 0 Å². The molecule has 0 aromatic heterocycles. The molecular weight excluding hydrogens is 324 g/mol. The molecule has 24 heavy (non-hydrogen) atoms. The van der Waals surface area contributed by atoms with Gasteiger partial charge in [-0.25, -0.2) is 8.42 Å². The van der Waals surface area contributed by atoms with Gasteiger partial charge in [0.1, 0.15) is 0 Å². The average molecular weight is 359 g/mol. The van der Waals surface area contributed by atoms with E-state index in [2.05, 4.69) is 22.0 Å². The van der Waals surface area contributed by atoms with Gasteiger partial charge in [-0.2, -0.15) is 0 Å². The van der Waals surface area contributed by atoms with Gasteiger partial charge in [0.15, 0.2) is 15.8 Å². The smallest absolute Gasteiger partial charge is 0.194 e. The van der Waals surface area contributed by atoms with E-state index >= 15 is 0 Å². The van der Waals surface area contributed by atoms with E-state index in [0.717, 1.165) is 31.5 Å². The Morgan fingerprint density at radius 3 is 2.50 bits per heavy atom. The van der Waals surface area contributed by atoms with Crippen molar-refractivity contribution in [2.75, 3.05) is 51.6 Å². The number of sulfone groups is 1. The zero-order chi connectivity index (χ0) is 17.8. The van der Waals surface area contributed by atoms with Gasteiger partial charge in [-0.05, 0) is 52.6 Å². The molecule has 0 spiro atoms. The molecule has 0 atom stereocenters. The predicted molar refractivity (Wildman–Crippen MR) is 100 cm³/mol. The SMILES string of the molecule is CCNC(=NCCN1CCC(C)CC1)N1CCS(=O)(=O)C(C)(C)C1. The molecule has 0 saturated carbocycles. The van der Waals surface area contributed by atoms with Crippen molar-refractivity contribution in [3.05, 3.63) is 0 Å². The molecule has 140 valence electrons. The molecule has 0 radical (unpaired) electrons. The minimum Gasteiger partial charge on any atom is -0.357 e. The monoisotopic (exact) mass is 358 g/mol. The van der Waals surface area contributed by atoms with Crippen LogP contribution in [0.3, 0.4) is 0 Å². The summed E-state index contributed by atoms with van der Waals surface area (Å²) in [5, 5.41) is 3.32. The number of guanidine groups is 1. The van der Waals surface area contributed by atoms with Crippen molar-refractivity contribution in [1.29, 1.82) is 0 Å². The standard InChI is InChI=1S/C17H34N4O2S/c1-5-18-16(19-8-11-20-9-6-15(2)7-10-20)21-12-13-24(22,23)17(3,4)14-21/h15H,5-14H2,1-4H3,(H,18,19). The van der Waals surface area contributed by atoms with E-state index in [-0.39, 0.29) is 5.75 Å². The second kappa shape index (κ2) is 8.04. The third-order valence-electron chi connectivity index (χ3n) is 5.23. The molecule has 6 nitrogen and oxygen atoms in total. The fraction of sp³-hybridized carbons (Fsp3) is 0.941. The summed E-state index contributed by atoms with van der Waals surface area (Å²) in [5.74, 6) is 1.90. The molecule has 7 heteroatoms. The van der Waals surface area contributed by atoms with Crippen LogP contribution in [0.25, 0.3) is 0 Å². The fourth-order valence-corrected chi connectivity index (χ4v) is 4.70. The Bertz CT molecular complexity index is 537. The van der Waals surface area contributed by atoms with Crippen molar-refractivity contribution in [3.63, 3.8) is 0 Å². The number of hydrogen-bond donors (Lipinski definition) is 1. The molecule has 0 bridgehead atoms. The van der Waals surface area contributed by atoms with Gasteiger partial charge in [-0.1, -0.05) is 6.92 Å². The minimum atomic E-state index is -3.02. The van der Waals surface area contributed by atoms with Gasteiger partial charge in [0.25, 0.3) is 0 Å². The average Bonchev–Trinajstić information content (AvgIpc) is 2.51. The van der Waals surface area contributed by atoms with Crippen LogP contribution in [-0.4, -0.2) is 80.5 Å². The van der Waals surface area contributed by atoms with E-state index in [4.69, 9.17) is 4.99 Å². The molecule has 2 aliphatic heterocycles. The number of aliphatic imine (C=N–C) groups is 1. The van der Waals surface area contributed by atoms with Gasteiger partial charge in [0.05, 0.1) is 17.0 Å². The normalized spacial score (nSPS) is 25.7. The summed E-state index contributed by atoms with van der Waals surface area (Å²) in [6.45, 7) is 13.9. The van der Waals surface area contributed by atoms with Gasteiger partial charge < -0.3 is 15.1 Å². The second-order valence-electron chi connectivity index (χ2n) is 7.76. The molecule has 0 aromatic rings. The number of piperidine rings is 1. The van der Waals surface area contributed by atoms with Gasteiger partial charge in [-0.15, -0.1) is 0 Å². The summed E-state index contributed by atoms with van der Waals surface area (Å²) in [6.07, 6.45) is 2.56. The van der Waals surface area contributed by atoms with Crippen LogP contribution < -0.4 is 5.32 Å². The predicted octanol–water partition coefficient (Wildman–Crippen LogP) is 1.19. The van der Waals surface area contributed by atoms with Crippen molar-refractivity contribution in [2.24, 2.45) is 10.9 Å². The summed E-state index contributed by atoms with van der Waals surface area (Å²) in [6, 6.07) is 0. The zero-order valence-corrected chi connectivity index (χ0v) is 16.5. The van der Waals surface area contributed by atoms with Crippen molar-refractivity contribution < 1.29 is 8.42 Å². The molecule has 2 saturated heterocycles. The van der Waals surface area contributed by atoms with Crippen LogP contribution >= 0.6 is 0 Å². The molecule has 0 aromatic carbocycles. The summed E-state index contributed by atoms with van der Waals surface area (Å²) < 4.78 is 23.6. The van der Waals surface area contributed by atoms with E-state index in [0.29, 0.717) is 13.1 Å². The maximum atomic E-state index is 12.2. The lowest BCUT2D eigenvalue weighted by Crippen LogP contribution is -2.57. The highest BCUT2D eigenvalue weighted by Crippen LogP contribution is 2.23. The van der Waals surface area contributed by atoms with E-state index in [1.165, 1.54) is 25.9 Å². The van der Waals surface area contributed by atoms with E-state index in [1.807, 2.05) is 20.8 Å². The van der Waals surface area contributed by atoms with Crippen molar-refractivity contribution in [3.8, 4) is 0 Å². The van der Waals surface area contributed by atoms with Crippen molar-refractivity contribution >= 4 is 15.8 Å². The van der Waals surface area contributed by atoms with Crippen LogP contribution in [0.1, 0.15) is 40.5 Å². The number of hydrogen-bond acceptors (Lipinski definition) is 4. The Hall–Kier alpha value is -0.820. The molecule has 2 aliphatic rings. The summed E-state index contributed by atoms with van der Waals surface area (Å²) in [7, 11) is -3.02. The highest BCUT2D eigenvalue weighted by atomic mass is 32.2. The third-order valence-corrected chi connectivity index (χ3v) is 7.76. The van der Waals surface area contributed by atoms with E-state index in [9.17, 15) is 8.42 Å². The first-order valence-corrected chi connectivity index (χ1v) is 10.9. The molecule has 2 fully saturated rings. The van der Waals surface area contributed by atoms with Crippen LogP contribution in [0.5, 0.6) is 0 Å². The van der Waals surface area contributed by atoms with Gasteiger partial charge in [0, 0.05) is 26.2 Å². The molecule has 2 rings (SSSR count). The highest BCUT2D eigenvalue weighted by molar-refractivity contribution is 7.92. The lowest BCUT2D eigenvalue weighted by Gasteiger charge is -2.39. The highest BCUT2D eigenvalue weighted by Gasteiger charge is 2.40. The summed E-state index contributed by atoms with van der Waals surface area (Å²) in [4.78, 5) is 9.34. The first kappa shape index (κ1) is 19.5. The first-order chi connectivity index (χ1) is 11.2. The largest absolute Gasteiger partial charge is 0.357 e. The maximum absolute atomic E-state index is 12.2.